The highest BCUT2D eigenvalue weighted by atomic mass is 32.2. The van der Waals surface area contributed by atoms with Crippen molar-refractivity contribution in [3.63, 3.8) is 0 Å². The number of nitrogens with one attached hydrogen (secondary N) is 1. The smallest absolute Gasteiger partial charge is 0.361 e. The van der Waals surface area contributed by atoms with Crippen LogP contribution in [0.2, 0.25) is 0 Å². The number of rotatable bonds is 3. The Morgan fingerprint density at radius 2 is 2.21 bits per heavy atom. The van der Waals surface area contributed by atoms with Crippen molar-refractivity contribution < 1.29 is 13.2 Å². The minimum Gasteiger partial charge on any atom is -0.361 e. The first kappa shape index (κ1) is 14.2. The first-order valence-corrected chi connectivity index (χ1v) is 7.07. The number of hydrogen-bond donors (Lipinski definition) is 1. The van der Waals surface area contributed by atoms with E-state index in [1.165, 1.54) is 6.07 Å². The number of amidine groups is 1. The quantitative estimate of drug-likeness (QED) is 0.917. The average Bonchev–Trinajstić information content (AvgIpc) is 2.84. The normalized spacial score (nSPS) is 21.7. The van der Waals surface area contributed by atoms with E-state index in [0.29, 0.717) is 11.6 Å². The summed E-state index contributed by atoms with van der Waals surface area (Å²) in [6.45, 7) is 2.36. The summed E-state index contributed by atoms with van der Waals surface area (Å²) in [5.74, 6) is 0.970. The predicted octanol–water partition coefficient (Wildman–Crippen LogP) is 3.68. The van der Waals surface area contributed by atoms with Crippen molar-refractivity contribution in [3.05, 3.63) is 35.4 Å². The summed E-state index contributed by atoms with van der Waals surface area (Å²) in [6, 6.07) is 5.73. The Morgan fingerprint density at radius 3 is 2.84 bits per heavy atom. The molecule has 1 aromatic rings. The first-order chi connectivity index (χ1) is 8.99. The largest absolute Gasteiger partial charge is 0.416 e. The molecule has 1 N–H and O–H groups in total. The van der Waals surface area contributed by atoms with Crippen LogP contribution >= 0.6 is 11.8 Å². The van der Waals surface area contributed by atoms with Crippen molar-refractivity contribution in [2.45, 2.75) is 32.1 Å². The highest BCUT2D eigenvalue weighted by Crippen LogP contribution is 2.29. The predicted molar refractivity (Wildman–Crippen MR) is 72.3 cm³/mol. The van der Waals surface area contributed by atoms with E-state index in [4.69, 9.17) is 0 Å². The number of hydrogen-bond acceptors (Lipinski definition) is 2. The Morgan fingerprint density at radius 1 is 1.42 bits per heavy atom. The van der Waals surface area contributed by atoms with Crippen LogP contribution in [0.5, 0.6) is 0 Å². The lowest BCUT2D eigenvalue weighted by Crippen LogP contribution is -2.25. The van der Waals surface area contributed by atoms with E-state index in [0.717, 1.165) is 29.5 Å². The van der Waals surface area contributed by atoms with Gasteiger partial charge in [0.1, 0.15) is 0 Å². The third-order valence-electron chi connectivity index (χ3n) is 2.90. The Balaban J connectivity index is 2.02. The maximum absolute atomic E-state index is 12.6. The molecule has 0 radical (unpaired) electrons. The SMILES string of the molecule is CCC1CSC(=NCc2cccc(C(F)(F)F)c2)N1. The van der Waals surface area contributed by atoms with Gasteiger partial charge >= 0.3 is 6.18 Å². The van der Waals surface area contributed by atoms with Crippen LogP contribution in [-0.2, 0) is 12.7 Å². The lowest BCUT2D eigenvalue weighted by atomic mass is 10.1. The highest BCUT2D eigenvalue weighted by molar-refractivity contribution is 8.14. The first-order valence-electron chi connectivity index (χ1n) is 6.09. The van der Waals surface area contributed by atoms with Crippen molar-refractivity contribution >= 4 is 16.9 Å². The van der Waals surface area contributed by atoms with Gasteiger partial charge in [-0.2, -0.15) is 13.2 Å². The minimum absolute atomic E-state index is 0.273. The molecule has 2 nitrogen and oxygen atoms in total. The lowest BCUT2D eigenvalue weighted by Gasteiger charge is -2.08. The summed E-state index contributed by atoms with van der Waals surface area (Å²) in [5.41, 5.74) is -0.0478. The molecule has 1 heterocycles. The molecule has 1 aliphatic rings. The van der Waals surface area contributed by atoms with Gasteiger partial charge in [-0.25, -0.2) is 0 Å². The molecule has 1 aliphatic heterocycles. The zero-order chi connectivity index (χ0) is 13.9. The topological polar surface area (TPSA) is 24.4 Å². The van der Waals surface area contributed by atoms with Crippen molar-refractivity contribution in [2.24, 2.45) is 4.99 Å². The van der Waals surface area contributed by atoms with E-state index < -0.39 is 11.7 Å². The number of alkyl halides is 3. The molecular weight excluding hydrogens is 273 g/mol. The van der Waals surface area contributed by atoms with Crippen LogP contribution in [0.25, 0.3) is 0 Å². The summed E-state index contributed by atoms with van der Waals surface area (Å²) in [6.07, 6.45) is -3.27. The van der Waals surface area contributed by atoms with Crippen LogP contribution in [0, 0.1) is 0 Å². The summed E-state index contributed by atoms with van der Waals surface area (Å²) >= 11 is 1.62. The lowest BCUT2D eigenvalue weighted by molar-refractivity contribution is -0.137. The van der Waals surface area contributed by atoms with E-state index in [-0.39, 0.29) is 6.54 Å². The second-order valence-electron chi connectivity index (χ2n) is 4.38. The number of thioether (sulfide) groups is 1. The number of nitrogens with zero attached hydrogens (tertiary/aromatic N) is 1. The molecule has 1 fully saturated rings. The van der Waals surface area contributed by atoms with Gasteiger partial charge in [0.25, 0.3) is 0 Å². The third-order valence-corrected chi connectivity index (χ3v) is 3.99. The van der Waals surface area contributed by atoms with E-state index in [9.17, 15) is 13.2 Å². The molecule has 0 saturated carbocycles. The number of benzene rings is 1. The van der Waals surface area contributed by atoms with Gasteiger partial charge < -0.3 is 5.32 Å². The standard InChI is InChI=1S/C13H15F3N2S/c1-2-11-8-19-12(18-11)17-7-9-4-3-5-10(6-9)13(14,15)16/h3-6,11H,2,7-8H2,1H3,(H,17,18). The average molecular weight is 288 g/mol. The molecule has 0 aromatic heterocycles. The molecule has 19 heavy (non-hydrogen) atoms. The van der Waals surface area contributed by atoms with Crippen LogP contribution in [-0.4, -0.2) is 17.0 Å². The van der Waals surface area contributed by atoms with Gasteiger partial charge in [0.15, 0.2) is 5.17 Å². The van der Waals surface area contributed by atoms with Crippen LogP contribution in [0.4, 0.5) is 13.2 Å². The Hall–Kier alpha value is -1.17. The fourth-order valence-electron chi connectivity index (χ4n) is 1.76. The molecule has 6 heteroatoms. The van der Waals surface area contributed by atoms with Gasteiger partial charge in [0, 0.05) is 11.8 Å². The zero-order valence-corrected chi connectivity index (χ0v) is 11.3. The van der Waals surface area contributed by atoms with Crippen LogP contribution in [0.3, 0.4) is 0 Å². The van der Waals surface area contributed by atoms with Crippen LogP contribution in [0.1, 0.15) is 24.5 Å². The highest BCUT2D eigenvalue weighted by Gasteiger charge is 2.30. The Labute approximate surface area is 114 Å². The van der Waals surface area contributed by atoms with Crippen molar-refractivity contribution in [2.75, 3.05) is 5.75 Å². The van der Waals surface area contributed by atoms with Crippen LogP contribution in [0.15, 0.2) is 29.3 Å². The maximum Gasteiger partial charge on any atom is 0.416 e. The fourth-order valence-corrected chi connectivity index (χ4v) is 2.84. The monoisotopic (exact) mass is 288 g/mol. The Kier molecular flexibility index (Phi) is 4.39. The number of halogens is 3. The third kappa shape index (κ3) is 3.89. The van der Waals surface area contributed by atoms with Crippen molar-refractivity contribution in [1.29, 1.82) is 0 Å². The van der Waals surface area contributed by atoms with Gasteiger partial charge in [0.05, 0.1) is 12.1 Å². The minimum atomic E-state index is -4.29. The van der Waals surface area contributed by atoms with E-state index in [1.54, 1.807) is 17.8 Å². The molecule has 1 unspecified atom stereocenters. The molecule has 0 amide bonds. The summed E-state index contributed by atoms with van der Waals surface area (Å²) in [7, 11) is 0. The summed E-state index contributed by atoms with van der Waals surface area (Å²) in [4.78, 5) is 4.32. The van der Waals surface area contributed by atoms with Crippen LogP contribution < -0.4 is 5.32 Å². The van der Waals surface area contributed by atoms with Gasteiger partial charge in [-0.1, -0.05) is 30.8 Å². The van der Waals surface area contributed by atoms with Crippen molar-refractivity contribution in [3.8, 4) is 0 Å². The Bertz CT molecular complexity index is 471. The molecule has 0 spiro atoms. The van der Waals surface area contributed by atoms with Gasteiger partial charge in [-0.05, 0) is 24.1 Å². The molecule has 1 aromatic carbocycles. The van der Waals surface area contributed by atoms with Gasteiger partial charge in [0.2, 0.25) is 0 Å². The van der Waals surface area contributed by atoms with Gasteiger partial charge in [-0.3, -0.25) is 4.99 Å². The molecule has 104 valence electrons. The second kappa shape index (κ2) is 5.86. The second-order valence-corrected chi connectivity index (χ2v) is 5.39. The molecule has 0 aliphatic carbocycles. The summed E-state index contributed by atoms with van der Waals surface area (Å²) in [5, 5.41) is 4.07. The number of aliphatic imine (C=N–C) groups is 1. The molecular formula is C13H15F3N2S. The molecule has 1 saturated heterocycles. The maximum atomic E-state index is 12.6. The van der Waals surface area contributed by atoms with E-state index >= 15 is 0 Å². The van der Waals surface area contributed by atoms with Gasteiger partial charge in [-0.15, -0.1) is 0 Å². The van der Waals surface area contributed by atoms with Crippen molar-refractivity contribution in [1.82, 2.24) is 5.32 Å². The van der Waals surface area contributed by atoms with E-state index in [2.05, 4.69) is 17.2 Å². The zero-order valence-electron chi connectivity index (χ0n) is 10.5. The fraction of sp³-hybridized carbons (Fsp3) is 0.462. The van der Waals surface area contributed by atoms with E-state index in [1.807, 2.05) is 0 Å². The molecule has 0 bridgehead atoms. The molecule has 2 rings (SSSR count). The summed E-state index contributed by atoms with van der Waals surface area (Å²) < 4.78 is 37.7. The molecule has 1 atom stereocenters.